The van der Waals surface area contributed by atoms with Crippen LogP contribution in [0.2, 0.25) is 0 Å². The smallest absolute Gasteiger partial charge is 0.260 e. The van der Waals surface area contributed by atoms with E-state index >= 15 is 0 Å². The molecule has 0 bridgehead atoms. The molecule has 0 aliphatic rings. The third-order valence-electron chi connectivity index (χ3n) is 2.84. The normalized spacial score (nSPS) is 11.3. The van der Waals surface area contributed by atoms with Crippen LogP contribution < -0.4 is 10.0 Å². The van der Waals surface area contributed by atoms with E-state index in [9.17, 15) is 8.42 Å². The van der Waals surface area contributed by atoms with E-state index in [0.29, 0.717) is 11.4 Å². The van der Waals surface area contributed by atoms with E-state index < -0.39 is 10.0 Å². The zero-order valence-corrected chi connectivity index (χ0v) is 12.1. The van der Waals surface area contributed by atoms with Crippen LogP contribution in [0.4, 0.5) is 5.69 Å². The lowest BCUT2D eigenvalue weighted by molar-refractivity contribution is 0.577. The van der Waals surface area contributed by atoms with Crippen LogP contribution in [-0.2, 0) is 16.6 Å². The molecular formula is C13H16N4O2S. The van der Waals surface area contributed by atoms with Gasteiger partial charge in [0.15, 0.2) is 5.03 Å². The Bertz CT molecular complexity index is 701. The Hall–Kier alpha value is -1.99. The Morgan fingerprint density at radius 3 is 2.55 bits per heavy atom. The van der Waals surface area contributed by atoms with Crippen molar-refractivity contribution in [2.45, 2.75) is 18.5 Å². The molecule has 0 spiro atoms. The van der Waals surface area contributed by atoms with Gasteiger partial charge in [0.05, 0.1) is 17.9 Å². The Morgan fingerprint density at radius 1 is 1.15 bits per heavy atom. The molecule has 0 aliphatic carbocycles. The maximum atomic E-state index is 12.3. The summed E-state index contributed by atoms with van der Waals surface area (Å²) in [5, 5.41) is 2.80. The van der Waals surface area contributed by atoms with Crippen LogP contribution in [0.15, 0.2) is 41.7 Å². The number of nitrogens with one attached hydrogen (secondary N) is 2. The molecular weight excluding hydrogens is 276 g/mol. The van der Waals surface area contributed by atoms with E-state index in [-0.39, 0.29) is 11.6 Å². The fourth-order valence-corrected chi connectivity index (χ4v) is 2.85. The Kier molecular flexibility index (Phi) is 4.31. The number of aryl methyl sites for hydroxylation is 1. The van der Waals surface area contributed by atoms with Crippen molar-refractivity contribution in [2.24, 2.45) is 0 Å². The molecule has 0 fully saturated rings. The first-order valence-electron chi connectivity index (χ1n) is 6.07. The highest BCUT2D eigenvalue weighted by atomic mass is 32.2. The lowest BCUT2D eigenvalue weighted by atomic mass is 10.2. The molecule has 2 N–H and O–H groups in total. The minimum absolute atomic E-state index is 0.0175. The highest BCUT2D eigenvalue weighted by Gasteiger charge is 2.19. The van der Waals surface area contributed by atoms with E-state index in [1.807, 2.05) is 19.1 Å². The van der Waals surface area contributed by atoms with Gasteiger partial charge in [-0.05, 0) is 30.7 Å². The van der Waals surface area contributed by atoms with Crippen LogP contribution in [-0.4, -0.2) is 25.4 Å². The molecule has 2 rings (SSSR count). The molecule has 0 saturated heterocycles. The molecule has 0 saturated carbocycles. The van der Waals surface area contributed by atoms with Gasteiger partial charge in [-0.15, -0.1) is 0 Å². The first-order chi connectivity index (χ1) is 9.54. The van der Waals surface area contributed by atoms with Crippen molar-refractivity contribution in [3.63, 3.8) is 0 Å². The van der Waals surface area contributed by atoms with Crippen LogP contribution in [0.25, 0.3) is 0 Å². The molecule has 0 atom stereocenters. The van der Waals surface area contributed by atoms with Crippen LogP contribution >= 0.6 is 0 Å². The molecule has 0 aliphatic heterocycles. The molecule has 7 heteroatoms. The van der Waals surface area contributed by atoms with E-state index in [0.717, 1.165) is 5.56 Å². The minimum atomic E-state index is -3.68. The summed E-state index contributed by atoms with van der Waals surface area (Å²) in [5.41, 5.74) is 2.08. The lowest BCUT2D eigenvalue weighted by Gasteiger charge is -2.10. The van der Waals surface area contributed by atoms with Gasteiger partial charge in [-0.25, -0.2) is 18.1 Å². The van der Waals surface area contributed by atoms with Crippen LogP contribution in [0.3, 0.4) is 0 Å². The van der Waals surface area contributed by atoms with Gasteiger partial charge in [0, 0.05) is 19.4 Å². The number of anilines is 1. The molecule has 6 nitrogen and oxygen atoms in total. The van der Waals surface area contributed by atoms with Crippen molar-refractivity contribution in [1.82, 2.24) is 14.7 Å². The van der Waals surface area contributed by atoms with E-state index in [4.69, 9.17) is 0 Å². The van der Waals surface area contributed by atoms with Crippen molar-refractivity contribution in [1.29, 1.82) is 0 Å². The molecule has 106 valence electrons. The third kappa shape index (κ3) is 3.12. The Morgan fingerprint density at radius 2 is 1.85 bits per heavy atom. The molecule has 2 aromatic heterocycles. The fraction of sp³-hybridized carbons (Fsp3) is 0.231. The van der Waals surface area contributed by atoms with E-state index in [1.165, 1.54) is 6.20 Å². The second-order valence-electron chi connectivity index (χ2n) is 4.20. The van der Waals surface area contributed by atoms with Crippen molar-refractivity contribution in [3.05, 3.63) is 47.9 Å². The van der Waals surface area contributed by atoms with Gasteiger partial charge in [0.25, 0.3) is 10.0 Å². The number of aromatic nitrogens is 2. The molecule has 0 radical (unpaired) electrons. The van der Waals surface area contributed by atoms with Gasteiger partial charge < -0.3 is 5.32 Å². The summed E-state index contributed by atoms with van der Waals surface area (Å²) in [6.07, 6.45) is 3.08. The second kappa shape index (κ2) is 5.98. The van der Waals surface area contributed by atoms with Gasteiger partial charge >= 0.3 is 0 Å². The Labute approximate surface area is 118 Å². The predicted molar refractivity (Wildman–Crippen MR) is 76.8 cm³/mol. The number of nitrogens with zero attached hydrogens (tertiary/aromatic N) is 2. The summed E-state index contributed by atoms with van der Waals surface area (Å²) in [6.45, 7) is 2.02. The lowest BCUT2D eigenvalue weighted by Crippen LogP contribution is -2.25. The molecule has 20 heavy (non-hydrogen) atoms. The third-order valence-corrected chi connectivity index (χ3v) is 4.20. The first-order valence-corrected chi connectivity index (χ1v) is 7.56. The topological polar surface area (TPSA) is 84.0 Å². The molecule has 2 heterocycles. The summed E-state index contributed by atoms with van der Waals surface area (Å²) in [5.74, 6) is 0. The van der Waals surface area contributed by atoms with Gasteiger partial charge in [-0.1, -0.05) is 6.07 Å². The summed E-state index contributed by atoms with van der Waals surface area (Å²) in [6, 6.07) is 7.03. The van der Waals surface area contributed by atoms with Crippen molar-refractivity contribution in [2.75, 3.05) is 12.4 Å². The van der Waals surface area contributed by atoms with Crippen molar-refractivity contribution >= 4 is 15.7 Å². The zero-order chi connectivity index (χ0) is 14.6. The summed E-state index contributed by atoms with van der Waals surface area (Å²) in [7, 11) is -2.03. The number of hydrogen-bond acceptors (Lipinski definition) is 5. The summed E-state index contributed by atoms with van der Waals surface area (Å²) < 4.78 is 27.0. The second-order valence-corrected chi connectivity index (χ2v) is 5.88. The van der Waals surface area contributed by atoms with Crippen LogP contribution in [0.5, 0.6) is 0 Å². The number of pyridine rings is 2. The van der Waals surface area contributed by atoms with E-state index in [1.54, 1.807) is 25.4 Å². The molecule has 0 aromatic carbocycles. The van der Waals surface area contributed by atoms with Crippen LogP contribution in [0, 0.1) is 6.92 Å². The maximum Gasteiger partial charge on any atom is 0.260 e. The fourth-order valence-electron chi connectivity index (χ4n) is 1.73. The largest absolute Gasteiger partial charge is 0.386 e. The Balaban J connectivity index is 2.22. The zero-order valence-electron chi connectivity index (χ0n) is 11.3. The molecule has 0 amide bonds. The average molecular weight is 292 g/mol. The quantitative estimate of drug-likeness (QED) is 0.868. The highest BCUT2D eigenvalue weighted by molar-refractivity contribution is 7.89. The van der Waals surface area contributed by atoms with Crippen molar-refractivity contribution in [3.8, 4) is 0 Å². The summed E-state index contributed by atoms with van der Waals surface area (Å²) >= 11 is 0. The van der Waals surface area contributed by atoms with Crippen molar-refractivity contribution < 1.29 is 8.42 Å². The number of sulfonamides is 1. The predicted octanol–water partition coefficient (Wildman–Crippen LogP) is 1.31. The van der Waals surface area contributed by atoms with E-state index in [2.05, 4.69) is 20.0 Å². The number of rotatable bonds is 5. The van der Waals surface area contributed by atoms with Gasteiger partial charge in [-0.3, -0.25) is 4.98 Å². The average Bonchev–Trinajstić information content (AvgIpc) is 2.46. The number of hydrogen-bond donors (Lipinski definition) is 2. The van der Waals surface area contributed by atoms with Gasteiger partial charge in [-0.2, -0.15) is 0 Å². The van der Waals surface area contributed by atoms with Gasteiger partial charge in [0.1, 0.15) is 0 Å². The monoisotopic (exact) mass is 292 g/mol. The van der Waals surface area contributed by atoms with Crippen LogP contribution in [0.1, 0.15) is 11.3 Å². The maximum absolute atomic E-state index is 12.3. The van der Waals surface area contributed by atoms with Gasteiger partial charge in [0.2, 0.25) is 0 Å². The molecule has 0 unspecified atom stereocenters. The molecule has 2 aromatic rings. The standard InChI is InChI=1S/C13H16N4O2S/c1-10-5-3-7-15-12(10)9-17-20(18,19)13-11(14-2)6-4-8-16-13/h3-8,14,17H,9H2,1-2H3. The first kappa shape index (κ1) is 14.4. The minimum Gasteiger partial charge on any atom is -0.386 e. The highest BCUT2D eigenvalue weighted by Crippen LogP contribution is 2.17. The SMILES string of the molecule is CNc1cccnc1S(=O)(=O)NCc1ncccc1C. The summed E-state index contributed by atoms with van der Waals surface area (Å²) in [4.78, 5) is 8.08.